The Morgan fingerprint density at radius 1 is 1.06 bits per heavy atom. The maximum Gasteiger partial charge on any atom is 0.168 e. The summed E-state index contributed by atoms with van der Waals surface area (Å²) in [5.41, 5.74) is 0.983. The molecule has 0 aromatic heterocycles. The fourth-order valence-electron chi connectivity index (χ4n) is 1.64. The monoisotopic (exact) mass is 310 g/mol. The third-order valence-corrected chi connectivity index (χ3v) is 3.14. The minimum atomic E-state index is -0.413. The van der Waals surface area contributed by atoms with Crippen molar-refractivity contribution in [3.63, 3.8) is 0 Å². The van der Waals surface area contributed by atoms with Crippen LogP contribution in [0.25, 0.3) is 0 Å². The molecule has 2 aromatic carbocycles. The number of rotatable bonds is 3. The highest BCUT2D eigenvalue weighted by Gasteiger charge is 2.11. The molecule has 0 unspecified atom stereocenters. The first-order chi connectivity index (χ1) is 8.56. The summed E-state index contributed by atoms with van der Waals surface area (Å²) in [4.78, 5) is 12.0. The Kier molecular flexibility index (Phi) is 3.87. The Hall–Kier alpha value is -1.55. The maximum atomic E-state index is 13.0. The Morgan fingerprint density at radius 3 is 2.44 bits per heavy atom. The van der Waals surface area contributed by atoms with Crippen molar-refractivity contribution in [2.75, 3.05) is 0 Å². The third kappa shape index (κ3) is 3.01. The van der Waals surface area contributed by atoms with E-state index in [-0.39, 0.29) is 18.0 Å². The topological polar surface area (TPSA) is 17.1 Å². The fourth-order valence-corrected chi connectivity index (χ4v) is 2.22. The molecular formula is C14H9BrF2O. The van der Waals surface area contributed by atoms with Crippen LogP contribution >= 0.6 is 15.9 Å². The molecule has 0 atom stereocenters. The zero-order valence-electron chi connectivity index (χ0n) is 9.29. The second-order valence-corrected chi connectivity index (χ2v) is 4.71. The van der Waals surface area contributed by atoms with Gasteiger partial charge in [0.1, 0.15) is 11.6 Å². The van der Waals surface area contributed by atoms with E-state index in [1.165, 1.54) is 30.3 Å². The lowest BCUT2D eigenvalue weighted by molar-refractivity contribution is 0.0992. The second-order valence-electron chi connectivity index (χ2n) is 3.85. The lowest BCUT2D eigenvalue weighted by Crippen LogP contribution is -2.05. The first kappa shape index (κ1) is 12.9. The summed E-state index contributed by atoms with van der Waals surface area (Å²) < 4.78 is 26.3. The number of hydrogen-bond donors (Lipinski definition) is 0. The van der Waals surface area contributed by atoms with E-state index in [1.54, 1.807) is 12.1 Å². The molecule has 0 aliphatic rings. The minimum Gasteiger partial charge on any atom is -0.294 e. The predicted molar refractivity (Wildman–Crippen MR) is 68.5 cm³/mol. The van der Waals surface area contributed by atoms with Crippen LogP contribution in [0.3, 0.4) is 0 Å². The summed E-state index contributed by atoms with van der Waals surface area (Å²) in [6.07, 6.45) is 0.0853. The average molecular weight is 311 g/mol. The van der Waals surface area contributed by atoms with Crippen LogP contribution in [-0.2, 0) is 6.42 Å². The summed E-state index contributed by atoms with van der Waals surface area (Å²) in [7, 11) is 0. The van der Waals surface area contributed by atoms with Crippen molar-refractivity contribution in [3.05, 3.63) is 69.7 Å². The van der Waals surface area contributed by atoms with Crippen LogP contribution in [0.15, 0.2) is 46.9 Å². The lowest BCUT2D eigenvalue weighted by atomic mass is 10.0. The summed E-state index contributed by atoms with van der Waals surface area (Å²) >= 11 is 3.14. The van der Waals surface area contributed by atoms with E-state index in [4.69, 9.17) is 0 Å². The van der Waals surface area contributed by atoms with Gasteiger partial charge in [-0.1, -0.05) is 12.1 Å². The van der Waals surface area contributed by atoms with Crippen LogP contribution in [0.5, 0.6) is 0 Å². The molecule has 0 saturated carbocycles. The molecule has 4 heteroatoms. The van der Waals surface area contributed by atoms with Gasteiger partial charge < -0.3 is 0 Å². The molecule has 2 rings (SSSR count). The smallest absolute Gasteiger partial charge is 0.168 e. The summed E-state index contributed by atoms with van der Waals surface area (Å²) in [5, 5.41) is 0. The van der Waals surface area contributed by atoms with Crippen molar-refractivity contribution in [1.29, 1.82) is 0 Å². The Morgan fingerprint density at radius 2 is 1.78 bits per heavy atom. The molecule has 1 nitrogen and oxygen atoms in total. The fraction of sp³-hybridized carbons (Fsp3) is 0.0714. The van der Waals surface area contributed by atoms with Crippen LogP contribution < -0.4 is 0 Å². The van der Waals surface area contributed by atoms with E-state index >= 15 is 0 Å². The van der Waals surface area contributed by atoms with Crippen LogP contribution in [-0.4, -0.2) is 5.78 Å². The zero-order chi connectivity index (χ0) is 13.1. The SMILES string of the molecule is O=C(Cc1cccc(F)c1)c1ccc(F)cc1Br. The molecule has 0 radical (unpaired) electrons. The first-order valence-corrected chi connectivity index (χ1v) is 6.08. The van der Waals surface area contributed by atoms with Gasteiger partial charge in [0.15, 0.2) is 5.78 Å². The molecule has 92 valence electrons. The molecule has 0 spiro atoms. The molecule has 0 aliphatic carbocycles. The largest absolute Gasteiger partial charge is 0.294 e. The molecule has 0 aliphatic heterocycles. The second kappa shape index (κ2) is 5.40. The van der Waals surface area contributed by atoms with Gasteiger partial charge in [0, 0.05) is 16.5 Å². The van der Waals surface area contributed by atoms with Crippen molar-refractivity contribution in [1.82, 2.24) is 0 Å². The van der Waals surface area contributed by atoms with E-state index < -0.39 is 5.82 Å². The van der Waals surface area contributed by atoms with E-state index in [0.717, 1.165) is 0 Å². The van der Waals surface area contributed by atoms with Gasteiger partial charge in [-0.3, -0.25) is 4.79 Å². The van der Waals surface area contributed by atoms with Gasteiger partial charge in [-0.25, -0.2) is 8.78 Å². The molecule has 0 saturated heterocycles. The zero-order valence-corrected chi connectivity index (χ0v) is 10.9. The molecule has 0 N–H and O–H groups in total. The lowest BCUT2D eigenvalue weighted by Gasteiger charge is -2.04. The van der Waals surface area contributed by atoms with Gasteiger partial charge in [-0.05, 0) is 51.8 Å². The highest BCUT2D eigenvalue weighted by molar-refractivity contribution is 9.10. The Labute approximate surface area is 112 Å². The van der Waals surface area contributed by atoms with E-state index in [9.17, 15) is 13.6 Å². The van der Waals surface area contributed by atoms with Crippen molar-refractivity contribution < 1.29 is 13.6 Å². The van der Waals surface area contributed by atoms with Crippen LogP contribution in [0.4, 0.5) is 8.78 Å². The number of ketones is 1. The van der Waals surface area contributed by atoms with Crippen LogP contribution in [0.1, 0.15) is 15.9 Å². The van der Waals surface area contributed by atoms with Crippen LogP contribution in [0.2, 0.25) is 0 Å². The number of halogens is 3. The van der Waals surface area contributed by atoms with Gasteiger partial charge in [-0.15, -0.1) is 0 Å². The summed E-state index contributed by atoms with van der Waals surface area (Å²) in [6.45, 7) is 0. The predicted octanol–water partition coefficient (Wildman–Crippen LogP) is 4.15. The van der Waals surface area contributed by atoms with Crippen LogP contribution in [0, 0.1) is 11.6 Å². The highest BCUT2D eigenvalue weighted by Crippen LogP contribution is 2.20. The van der Waals surface area contributed by atoms with Crippen molar-refractivity contribution in [3.8, 4) is 0 Å². The Bertz CT molecular complexity index is 596. The standard InChI is InChI=1S/C14H9BrF2O/c15-13-8-11(17)4-5-12(13)14(18)7-9-2-1-3-10(16)6-9/h1-6,8H,7H2. The first-order valence-electron chi connectivity index (χ1n) is 5.29. The number of benzene rings is 2. The molecule has 18 heavy (non-hydrogen) atoms. The van der Waals surface area contributed by atoms with Gasteiger partial charge in [0.2, 0.25) is 0 Å². The van der Waals surface area contributed by atoms with Crippen molar-refractivity contribution in [2.45, 2.75) is 6.42 Å². The normalized spacial score (nSPS) is 10.4. The molecule has 0 heterocycles. The van der Waals surface area contributed by atoms with Crippen molar-refractivity contribution >= 4 is 21.7 Å². The molecule has 0 bridgehead atoms. The van der Waals surface area contributed by atoms with Gasteiger partial charge in [0.05, 0.1) is 0 Å². The highest BCUT2D eigenvalue weighted by atomic mass is 79.9. The van der Waals surface area contributed by atoms with E-state index in [1.807, 2.05) is 0 Å². The minimum absolute atomic E-state index is 0.0853. The van der Waals surface area contributed by atoms with Gasteiger partial charge in [-0.2, -0.15) is 0 Å². The molecule has 0 amide bonds. The number of hydrogen-bond acceptors (Lipinski definition) is 1. The summed E-state index contributed by atoms with van der Waals surface area (Å²) in [6, 6.07) is 9.75. The number of Topliss-reactive ketones (excluding diaryl/α,β-unsaturated/α-hetero) is 1. The Balaban J connectivity index is 2.22. The van der Waals surface area contributed by atoms with E-state index in [0.29, 0.717) is 15.6 Å². The van der Waals surface area contributed by atoms with Gasteiger partial charge in [0.25, 0.3) is 0 Å². The maximum absolute atomic E-state index is 13.0. The van der Waals surface area contributed by atoms with E-state index in [2.05, 4.69) is 15.9 Å². The van der Waals surface area contributed by atoms with Crippen molar-refractivity contribution in [2.24, 2.45) is 0 Å². The molecule has 2 aromatic rings. The average Bonchev–Trinajstić information content (AvgIpc) is 2.28. The quantitative estimate of drug-likeness (QED) is 0.778. The summed E-state index contributed by atoms with van der Waals surface area (Å²) in [5.74, 6) is -0.977. The molecular weight excluding hydrogens is 302 g/mol. The number of carbonyl (C=O) groups is 1. The third-order valence-electron chi connectivity index (χ3n) is 2.49. The molecule has 0 fully saturated rings. The van der Waals surface area contributed by atoms with Gasteiger partial charge >= 0.3 is 0 Å². The number of carbonyl (C=O) groups excluding carboxylic acids is 1.